The van der Waals surface area contributed by atoms with Crippen molar-refractivity contribution in [3.63, 3.8) is 0 Å². The maximum atomic E-state index is 13.2. The Morgan fingerprint density at radius 2 is 0.885 bits per heavy atom. The summed E-state index contributed by atoms with van der Waals surface area (Å²) < 4.78 is 5.95. The molecule has 0 bridgehead atoms. The lowest BCUT2D eigenvalue weighted by Gasteiger charge is -2.24. The summed E-state index contributed by atoms with van der Waals surface area (Å²) in [5.74, 6) is -0.466. The van der Waals surface area contributed by atoms with E-state index in [1.165, 1.54) is 180 Å². The van der Waals surface area contributed by atoms with E-state index in [1.54, 1.807) is 0 Å². The van der Waals surface area contributed by atoms with Gasteiger partial charge < -0.3 is 20.3 Å². The molecule has 0 aromatic carbocycles. The van der Waals surface area contributed by atoms with Gasteiger partial charge in [0, 0.05) is 6.42 Å². The molecule has 0 saturated carbocycles. The van der Waals surface area contributed by atoms with E-state index in [9.17, 15) is 19.8 Å². The first kappa shape index (κ1) is 59.3. The number of esters is 1. The minimum absolute atomic E-state index is 0.0802. The van der Waals surface area contributed by atoms with Crippen LogP contribution in [0, 0.1) is 0 Å². The average molecular weight is 860 g/mol. The Balaban J connectivity index is 4.53. The van der Waals surface area contributed by atoms with Gasteiger partial charge >= 0.3 is 5.97 Å². The summed E-state index contributed by atoms with van der Waals surface area (Å²) >= 11 is 0. The number of aliphatic hydroxyl groups excluding tert-OH is 2. The van der Waals surface area contributed by atoms with Gasteiger partial charge in [-0.25, -0.2) is 0 Å². The van der Waals surface area contributed by atoms with Crippen molar-refractivity contribution in [2.45, 2.75) is 309 Å². The molecule has 3 unspecified atom stereocenters. The molecule has 1 amide bonds. The van der Waals surface area contributed by atoms with Crippen molar-refractivity contribution in [1.29, 1.82) is 0 Å². The van der Waals surface area contributed by atoms with Crippen LogP contribution in [0.15, 0.2) is 24.3 Å². The van der Waals surface area contributed by atoms with Gasteiger partial charge in [-0.2, -0.15) is 0 Å². The molecular weight excluding hydrogens is 755 g/mol. The molecule has 0 aliphatic carbocycles. The lowest BCUT2D eigenvalue weighted by molar-refractivity contribution is -0.151. The van der Waals surface area contributed by atoms with Gasteiger partial charge in [0.2, 0.25) is 5.91 Å². The van der Waals surface area contributed by atoms with Crippen LogP contribution in [-0.4, -0.2) is 46.9 Å². The van der Waals surface area contributed by atoms with Gasteiger partial charge in [-0.05, 0) is 51.4 Å². The van der Waals surface area contributed by atoms with E-state index >= 15 is 0 Å². The molecule has 0 rings (SSSR count). The maximum Gasteiger partial charge on any atom is 0.306 e. The Morgan fingerprint density at radius 1 is 0.492 bits per heavy atom. The van der Waals surface area contributed by atoms with Crippen LogP contribution in [0.25, 0.3) is 0 Å². The fourth-order valence-corrected chi connectivity index (χ4v) is 8.47. The van der Waals surface area contributed by atoms with E-state index in [1.807, 2.05) is 0 Å². The number of unbranched alkanes of at least 4 members (excludes halogenated alkanes) is 33. The topological polar surface area (TPSA) is 95.9 Å². The molecule has 6 nitrogen and oxygen atoms in total. The zero-order chi connectivity index (χ0) is 44.5. The van der Waals surface area contributed by atoms with E-state index in [-0.39, 0.29) is 24.9 Å². The van der Waals surface area contributed by atoms with Crippen LogP contribution in [0.1, 0.15) is 290 Å². The average Bonchev–Trinajstić information content (AvgIpc) is 3.25. The Hall–Kier alpha value is -1.66. The predicted octanol–water partition coefficient (Wildman–Crippen LogP) is 16.3. The highest BCUT2D eigenvalue weighted by molar-refractivity contribution is 5.77. The third-order valence-corrected chi connectivity index (χ3v) is 12.5. The first-order valence-electron chi connectivity index (χ1n) is 27.1. The molecular formula is C55H105NO5. The van der Waals surface area contributed by atoms with E-state index in [0.29, 0.717) is 19.3 Å². The van der Waals surface area contributed by atoms with Crippen molar-refractivity contribution in [2.75, 3.05) is 6.61 Å². The molecule has 360 valence electrons. The Kier molecular flexibility index (Phi) is 48.0. The summed E-state index contributed by atoms with van der Waals surface area (Å²) in [6, 6.07) is -0.698. The number of carbonyl (C=O) groups is 2. The molecule has 0 fully saturated rings. The number of carbonyl (C=O) groups excluding carboxylic acids is 2. The Bertz CT molecular complexity index is 966. The van der Waals surface area contributed by atoms with Gasteiger partial charge in [0.25, 0.3) is 0 Å². The number of amides is 1. The number of nitrogens with one attached hydrogen (secondary N) is 1. The molecule has 0 aliphatic heterocycles. The largest absolute Gasteiger partial charge is 0.462 e. The normalized spacial score (nSPS) is 13.3. The summed E-state index contributed by atoms with van der Waals surface area (Å²) in [5, 5.41) is 23.8. The van der Waals surface area contributed by atoms with E-state index in [0.717, 1.165) is 64.2 Å². The minimum Gasteiger partial charge on any atom is -0.462 e. The second kappa shape index (κ2) is 49.4. The highest BCUT2D eigenvalue weighted by atomic mass is 16.5. The number of ether oxygens (including phenoxy) is 1. The van der Waals surface area contributed by atoms with Gasteiger partial charge in [-0.15, -0.1) is 0 Å². The fraction of sp³-hybridized carbons (Fsp3) is 0.891. The second-order valence-electron chi connectivity index (χ2n) is 18.6. The molecule has 0 aliphatic rings. The zero-order valence-corrected chi connectivity index (χ0v) is 41.1. The van der Waals surface area contributed by atoms with Crippen LogP contribution >= 0.6 is 0 Å². The minimum atomic E-state index is -0.784. The Morgan fingerprint density at radius 3 is 1.33 bits per heavy atom. The molecule has 0 heterocycles. The highest BCUT2D eigenvalue weighted by Gasteiger charge is 2.24. The van der Waals surface area contributed by atoms with Gasteiger partial charge in [-0.3, -0.25) is 9.59 Å². The SMILES string of the molecule is CC/C=C/C/C=C/CCCCCCCCCC(=O)OC(CCCCCCCCCCCCCCCC)CC(=O)NC(CO)C(O)CCCCCCCCCCCCCCCC. The Labute approximate surface area is 380 Å². The standard InChI is InChI=1S/C55H105NO5/c1-4-7-10-13-16-19-22-25-28-31-34-37-40-43-46-51(61-55(60)48-45-42-39-36-33-30-27-24-21-18-15-12-9-6-3)49-54(59)56-52(50-57)53(58)47-44-41-38-35-32-29-26-23-20-17-14-11-8-5-2/h9,12,18,21,51-53,57-58H,4-8,10-11,13-17,19-20,22-50H2,1-3H3,(H,56,59)/b12-9+,21-18+. The lowest BCUT2D eigenvalue weighted by atomic mass is 10.0. The van der Waals surface area contributed by atoms with Crippen LogP contribution in [0.3, 0.4) is 0 Å². The van der Waals surface area contributed by atoms with Crippen LogP contribution in [0.2, 0.25) is 0 Å². The van der Waals surface area contributed by atoms with Gasteiger partial charge in [-0.1, -0.05) is 251 Å². The van der Waals surface area contributed by atoms with E-state index < -0.39 is 18.2 Å². The summed E-state index contributed by atoms with van der Waals surface area (Å²) in [6.07, 6.45) is 56.6. The first-order chi connectivity index (χ1) is 30.0. The van der Waals surface area contributed by atoms with Crippen LogP contribution < -0.4 is 5.32 Å². The van der Waals surface area contributed by atoms with Crippen molar-refractivity contribution in [3.8, 4) is 0 Å². The van der Waals surface area contributed by atoms with E-state index in [2.05, 4.69) is 50.4 Å². The monoisotopic (exact) mass is 860 g/mol. The van der Waals surface area contributed by atoms with Crippen LogP contribution in [0.4, 0.5) is 0 Å². The van der Waals surface area contributed by atoms with Crippen LogP contribution in [-0.2, 0) is 14.3 Å². The number of hydrogen-bond acceptors (Lipinski definition) is 5. The van der Waals surface area contributed by atoms with Crippen molar-refractivity contribution in [1.82, 2.24) is 5.32 Å². The highest BCUT2D eigenvalue weighted by Crippen LogP contribution is 2.19. The molecule has 0 aromatic rings. The lowest BCUT2D eigenvalue weighted by Crippen LogP contribution is -2.46. The fourth-order valence-electron chi connectivity index (χ4n) is 8.47. The summed E-state index contributed by atoms with van der Waals surface area (Å²) in [6.45, 7) is 6.41. The molecule has 61 heavy (non-hydrogen) atoms. The van der Waals surface area contributed by atoms with E-state index in [4.69, 9.17) is 4.74 Å². The first-order valence-corrected chi connectivity index (χ1v) is 27.1. The molecule has 3 N–H and O–H groups in total. The number of allylic oxidation sites excluding steroid dienone is 4. The van der Waals surface area contributed by atoms with Crippen LogP contribution in [0.5, 0.6) is 0 Å². The number of hydrogen-bond donors (Lipinski definition) is 3. The van der Waals surface area contributed by atoms with Crippen molar-refractivity contribution in [3.05, 3.63) is 24.3 Å². The van der Waals surface area contributed by atoms with Gasteiger partial charge in [0.05, 0.1) is 25.2 Å². The summed E-state index contributed by atoms with van der Waals surface area (Å²) in [7, 11) is 0. The molecule has 0 radical (unpaired) electrons. The quantitative estimate of drug-likeness (QED) is 0.0322. The molecule has 0 saturated heterocycles. The number of rotatable bonds is 49. The molecule has 3 atom stereocenters. The van der Waals surface area contributed by atoms with Crippen molar-refractivity contribution in [2.24, 2.45) is 0 Å². The predicted molar refractivity (Wildman–Crippen MR) is 264 cm³/mol. The van der Waals surface area contributed by atoms with Gasteiger partial charge in [0.1, 0.15) is 6.10 Å². The summed E-state index contributed by atoms with van der Waals surface area (Å²) in [5.41, 5.74) is 0. The van der Waals surface area contributed by atoms with Crippen molar-refractivity contribution < 1.29 is 24.5 Å². The van der Waals surface area contributed by atoms with Gasteiger partial charge in [0.15, 0.2) is 0 Å². The maximum absolute atomic E-state index is 13.2. The number of aliphatic hydroxyl groups is 2. The third kappa shape index (κ3) is 44.7. The molecule has 0 spiro atoms. The summed E-state index contributed by atoms with van der Waals surface area (Å²) in [4.78, 5) is 26.2. The third-order valence-electron chi connectivity index (χ3n) is 12.5. The molecule has 0 aromatic heterocycles. The smallest absolute Gasteiger partial charge is 0.306 e. The second-order valence-corrected chi connectivity index (χ2v) is 18.6. The molecule has 6 heteroatoms. The zero-order valence-electron chi connectivity index (χ0n) is 41.1. The van der Waals surface area contributed by atoms with Crippen molar-refractivity contribution >= 4 is 11.9 Å².